The van der Waals surface area contributed by atoms with Crippen LogP contribution in [-0.2, 0) is 9.84 Å². The SMILES string of the molecule is CS(=O)(=O)c1ccc2c(c1)OC[C@@H]([C@H]1c3ccccc3-c3cncn31)[C@H]2O. The number of benzene rings is 2. The smallest absolute Gasteiger partial charge is 0.175 e. The lowest BCUT2D eigenvalue weighted by Crippen LogP contribution is -2.33. The van der Waals surface area contributed by atoms with Crippen molar-refractivity contribution in [1.29, 1.82) is 0 Å². The molecule has 0 spiro atoms. The summed E-state index contributed by atoms with van der Waals surface area (Å²) in [7, 11) is -3.33. The first-order chi connectivity index (χ1) is 12.9. The highest BCUT2D eigenvalue weighted by atomic mass is 32.2. The summed E-state index contributed by atoms with van der Waals surface area (Å²) < 4.78 is 31.6. The summed E-state index contributed by atoms with van der Waals surface area (Å²) in [5.41, 5.74) is 3.90. The molecule has 3 atom stereocenters. The number of hydrogen-bond acceptors (Lipinski definition) is 5. The van der Waals surface area contributed by atoms with Gasteiger partial charge >= 0.3 is 0 Å². The lowest BCUT2D eigenvalue weighted by atomic mass is 9.84. The molecule has 0 amide bonds. The van der Waals surface area contributed by atoms with Crippen LogP contribution in [0.15, 0.2) is 59.9 Å². The molecule has 2 aliphatic heterocycles. The van der Waals surface area contributed by atoms with Gasteiger partial charge in [0.2, 0.25) is 0 Å². The van der Waals surface area contributed by atoms with Crippen LogP contribution in [0.2, 0.25) is 0 Å². The van der Waals surface area contributed by atoms with E-state index in [1.54, 1.807) is 12.4 Å². The average Bonchev–Trinajstić information content (AvgIpc) is 3.22. The van der Waals surface area contributed by atoms with Gasteiger partial charge in [0.25, 0.3) is 0 Å². The highest BCUT2D eigenvalue weighted by Crippen LogP contribution is 2.49. The second kappa shape index (κ2) is 5.68. The van der Waals surface area contributed by atoms with Gasteiger partial charge in [-0.05, 0) is 17.7 Å². The summed E-state index contributed by atoms with van der Waals surface area (Å²) in [6, 6.07) is 12.7. The van der Waals surface area contributed by atoms with Gasteiger partial charge in [0.15, 0.2) is 9.84 Å². The van der Waals surface area contributed by atoms with Gasteiger partial charge in [-0.1, -0.05) is 30.3 Å². The quantitative estimate of drug-likeness (QED) is 0.737. The first-order valence-electron chi connectivity index (χ1n) is 8.71. The van der Waals surface area contributed by atoms with E-state index in [2.05, 4.69) is 21.7 Å². The minimum atomic E-state index is -3.33. The molecule has 7 heteroatoms. The summed E-state index contributed by atoms with van der Waals surface area (Å²) in [6.45, 7) is 0.290. The van der Waals surface area contributed by atoms with Gasteiger partial charge in [-0.25, -0.2) is 13.4 Å². The minimum absolute atomic E-state index is 0.0866. The second-order valence-electron chi connectivity index (χ2n) is 7.11. The van der Waals surface area contributed by atoms with Crippen LogP contribution >= 0.6 is 0 Å². The molecule has 3 aromatic rings. The Morgan fingerprint density at radius 3 is 2.81 bits per heavy atom. The fraction of sp³-hybridized carbons (Fsp3) is 0.250. The molecule has 3 heterocycles. The van der Waals surface area contributed by atoms with Gasteiger partial charge in [-0.2, -0.15) is 0 Å². The van der Waals surface area contributed by atoms with E-state index in [0.29, 0.717) is 11.3 Å². The molecule has 2 aromatic carbocycles. The van der Waals surface area contributed by atoms with Crippen LogP contribution in [0, 0.1) is 5.92 Å². The molecule has 138 valence electrons. The molecule has 0 saturated carbocycles. The number of aliphatic hydroxyl groups excluding tert-OH is 1. The third-order valence-electron chi connectivity index (χ3n) is 5.50. The minimum Gasteiger partial charge on any atom is -0.493 e. The first-order valence-corrected chi connectivity index (χ1v) is 10.6. The van der Waals surface area contributed by atoms with Crippen LogP contribution in [-0.4, -0.2) is 35.9 Å². The third-order valence-corrected chi connectivity index (χ3v) is 6.61. The maximum Gasteiger partial charge on any atom is 0.175 e. The number of nitrogens with zero attached hydrogens (tertiary/aromatic N) is 2. The van der Waals surface area contributed by atoms with Gasteiger partial charge in [-0.15, -0.1) is 0 Å². The number of hydrogen-bond donors (Lipinski definition) is 1. The van der Waals surface area contributed by atoms with Crippen LogP contribution in [0.3, 0.4) is 0 Å². The Kier molecular flexibility index (Phi) is 3.47. The number of ether oxygens (including phenoxy) is 1. The molecule has 0 aliphatic carbocycles. The van der Waals surface area contributed by atoms with Gasteiger partial charge < -0.3 is 14.4 Å². The number of fused-ring (bicyclic) bond motifs is 4. The van der Waals surface area contributed by atoms with Crippen LogP contribution in [0.1, 0.15) is 23.3 Å². The monoisotopic (exact) mass is 382 g/mol. The van der Waals surface area contributed by atoms with E-state index in [9.17, 15) is 13.5 Å². The van der Waals surface area contributed by atoms with Crippen molar-refractivity contribution in [3.8, 4) is 17.0 Å². The summed E-state index contributed by atoms with van der Waals surface area (Å²) >= 11 is 0. The summed E-state index contributed by atoms with van der Waals surface area (Å²) in [6.07, 6.45) is 4.01. The standard InChI is InChI=1S/C20H18N2O4S/c1-27(24,25)12-6-7-15-18(8-12)26-10-16(20(15)23)19-14-5-3-2-4-13(14)17-9-21-11-22(17)19/h2-9,11,16,19-20,23H,10H2,1H3/t16-,19+,20-/m0/s1. The molecule has 0 fully saturated rings. The Bertz CT molecular complexity index is 1150. The highest BCUT2D eigenvalue weighted by Gasteiger charge is 2.41. The van der Waals surface area contributed by atoms with Crippen molar-refractivity contribution in [2.24, 2.45) is 5.92 Å². The topological polar surface area (TPSA) is 81.4 Å². The number of aliphatic hydroxyl groups is 1. The molecule has 0 saturated heterocycles. The van der Waals surface area contributed by atoms with Gasteiger partial charge in [0.05, 0.1) is 41.9 Å². The van der Waals surface area contributed by atoms with Crippen LogP contribution < -0.4 is 4.74 Å². The van der Waals surface area contributed by atoms with Crippen molar-refractivity contribution < 1.29 is 18.3 Å². The zero-order chi connectivity index (χ0) is 18.8. The Morgan fingerprint density at radius 1 is 1.19 bits per heavy atom. The van der Waals surface area contributed by atoms with Gasteiger partial charge in [0, 0.05) is 23.3 Å². The molecular weight excluding hydrogens is 364 g/mol. The van der Waals surface area contributed by atoms with E-state index in [1.165, 1.54) is 12.1 Å². The largest absolute Gasteiger partial charge is 0.493 e. The van der Waals surface area contributed by atoms with E-state index < -0.39 is 15.9 Å². The average molecular weight is 382 g/mol. The highest BCUT2D eigenvalue weighted by molar-refractivity contribution is 7.90. The van der Waals surface area contributed by atoms with E-state index in [0.717, 1.165) is 23.1 Å². The van der Waals surface area contributed by atoms with Crippen molar-refractivity contribution in [2.45, 2.75) is 17.0 Å². The van der Waals surface area contributed by atoms with Crippen LogP contribution in [0.5, 0.6) is 5.75 Å². The van der Waals surface area contributed by atoms with Gasteiger partial charge in [-0.3, -0.25) is 0 Å². The predicted molar refractivity (Wildman–Crippen MR) is 99.3 cm³/mol. The molecule has 0 unspecified atom stereocenters. The number of rotatable bonds is 2. The molecule has 5 rings (SSSR count). The molecular formula is C20H18N2O4S. The molecule has 1 aromatic heterocycles. The van der Waals surface area contributed by atoms with E-state index in [1.807, 2.05) is 18.3 Å². The normalized spacial score (nSPS) is 23.3. The number of sulfone groups is 1. The lowest BCUT2D eigenvalue weighted by Gasteiger charge is -2.35. The van der Waals surface area contributed by atoms with Crippen molar-refractivity contribution >= 4 is 9.84 Å². The summed E-state index contributed by atoms with van der Waals surface area (Å²) in [4.78, 5) is 4.46. The predicted octanol–water partition coefficient (Wildman–Crippen LogP) is 2.60. The van der Waals surface area contributed by atoms with E-state index >= 15 is 0 Å². The number of imidazole rings is 1. The zero-order valence-electron chi connectivity index (χ0n) is 14.6. The van der Waals surface area contributed by atoms with Crippen molar-refractivity contribution in [1.82, 2.24) is 9.55 Å². The maximum absolute atomic E-state index is 11.8. The third kappa shape index (κ3) is 2.42. The molecule has 0 radical (unpaired) electrons. The molecule has 6 nitrogen and oxygen atoms in total. The maximum atomic E-state index is 11.8. The Labute approximate surface area is 157 Å². The Hall–Kier alpha value is -2.64. The van der Waals surface area contributed by atoms with Crippen LogP contribution in [0.4, 0.5) is 0 Å². The van der Waals surface area contributed by atoms with E-state index in [-0.39, 0.29) is 23.5 Å². The van der Waals surface area contributed by atoms with Crippen LogP contribution in [0.25, 0.3) is 11.3 Å². The van der Waals surface area contributed by atoms with Crippen molar-refractivity contribution in [3.05, 3.63) is 66.1 Å². The fourth-order valence-electron chi connectivity index (χ4n) is 4.20. The fourth-order valence-corrected chi connectivity index (χ4v) is 4.83. The molecule has 27 heavy (non-hydrogen) atoms. The Balaban J connectivity index is 1.57. The molecule has 1 N–H and O–H groups in total. The first kappa shape index (κ1) is 16.5. The van der Waals surface area contributed by atoms with Crippen molar-refractivity contribution in [2.75, 3.05) is 12.9 Å². The summed E-state index contributed by atoms with van der Waals surface area (Å²) in [5, 5.41) is 11.1. The van der Waals surface area contributed by atoms with Gasteiger partial charge in [0.1, 0.15) is 5.75 Å². The van der Waals surface area contributed by atoms with Crippen molar-refractivity contribution in [3.63, 3.8) is 0 Å². The lowest BCUT2D eigenvalue weighted by molar-refractivity contribution is 0.0310. The molecule has 0 bridgehead atoms. The summed E-state index contributed by atoms with van der Waals surface area (Å²) in [5.74, 6) is 0.219. The number of aromatic nitrogens is 2. The van der Waals surface area contributed by atoms with E-state index in [4.69, 9.17) is 4.74 Å². The molecule has 2 aliphatic rings. The Morgan fingerprint density at radius 2 is 2.00 bits per heavy atom. The zero-order valence-corrected chi connectivity index (χ0v) is 15.4. The second-order valence-corrected chi connectivity index (χ2v) is 9.13.